The predicted octanol–water partition coefficient (Wildman–Crippen LogP) is 1.71. The summed E-state index contributed by atoms with van der Waals surface area (Å²) in [4.78, 5) is 20.8. The molecule has 0 radical (unpaired) electrons. The highest BCUT2D eigenvalue weighted by atomic mass is 16.5. The second kappa shape index (κ2) is 7.00. The molecule has 1 amide bonds. The maximum atomic E-state index is 12.1. The molecule has 25 heavy (non-hydrogen) atoms. The lowest BCUT2D eigenvalue weighted by Crippen LogP contribution is -2.43. The van der Waals surface area contributed by atoms with Gasteiger partial charge in [-0.2, -0.15) is 0 Å². The van der Waals surface area contributed by atoms with E-state index in [1.807, 2.05) is 47.1 Å². The van der Waals surface area contributed by atoms with E-state index in [1.54, 1.807) is 6.20 Å². The van der Waals surface area contributed by atoms with Crippen LogP contribution in [0.4, 0.5) is 5.69 Å². The van der Waals surface area contributed by atoms with Crippen molar-refractivity contribution in [3.8, 4) is 11.3 Å². The number of fused-ring (bicyclic) bond motifs is 1. The second-order valence-corrected chi connectivity index (χ2v) is 6.01. The van der Waals surface area contributed by atoms with Crippen LogP contribution in [0, 0.1) is 0 Å². The zero-order valence-electron chi connectivity index (χ0n) is 13.7. The van der Waals surface area contributed by atoms with Gasteiger partial charge < -0.3 is 15.4 Å². The fraction of sp³-hybridized carbons (Fsp3) is 0.278. The predicted molar refractivity (Wildman–Crippen MR) is 94.3 cm³/mol. The van der Waals surface area contributed by atoms with Crippen LogP contribution in [0.5, 0.6) is 0 Å². The highest BCUT2D eigenvalue weighted by Gasteiger charge is 2.16. The van der Waals surface area contributed by atoms with Gasteiger partial charge in [0.2, 0.25) is 11.7 Å². The number of hydrogen-bond donors (Lipinski definition) is 2. The molecule has 0 spiro atoms. The van der Waals surface area contributed by atoms with Crippen molar-refractivity contribution in [2.24, 2.45) is 0 Å². The van der Waals surface area contributed by atoms with E-state index in [4.69, 9.17) is 4.74 Å². The Balaban J connectivity index is 1.41. The first-order chi connectivity index (χ1) is 12.3. The average Bonchev–Trinajstić information content (AvgIpc) is 3.07. The summed E-state index contributed by atoms with van der Waals surface area (Å²) in [5.74, 6) is 0.643. The third kappa shape index (κ3) is 3.67. The molecule has 2 N–H and O–H groups in total. The molecule has 3 heterocycles. The van der Waals surface area contributed by atoms with Gasteiger partial charge in [0.1, 0.15) is 0 Å². The maximum Gasteiger partial charge on any atom is 0.234 e. The molecule has 7 nitrogen and oxygen atoms in total. The van der Waals surface area contributed by atoms with Gasteiger partial charge >= 0.3 is 0 Å². The van der Waals surface area contributed by atoms with Crippen LogP contribution in [0.3, 0.4) is 0 Å². The van der Waals surface area contributed by atoms with Crippen LogP contribution in [0.25, 0.3) is 17.0 Å². The topological polar surface area (TPSA) is 80.5 Å². The summed E-state index contributed by atoms with van der Waals surface area (Å²) in [6, 6.07) is 9.60. The van der Waals surface area contributed by atoms with Crippen molar-refractivity contribution in [3.05, 3.63) is 48.9 Å². The summed E-state index contributed by atoms with van der Waals surface area (Å²) < 4.78 is 7.25. The summed E-state index contributed by atoms with van der Waals surface area (Å²) in [6.07, 6.45) is 5.97. The Morgan fingerprint density at radius 2 is 2.24 bits per heavy atom. The highest BCUT2D eigenvalue weighted by Crippen LogP contribution is 2.21. The third-order valence-corrected chi connectivity index (χ3v) is 4.13. The fourth-order valence-electron chi connectivity index (χ4n) is 2.88. The largest absolute Gasteiger partial charge is 0.378 e. The summed E-state index contributed by atoms with van der Waals surface area (Å²) >= 11 is 0. The minimum atomic E-state index is -0.0207. The molecule has 0 bridgehead atoms. The molecule has 1 fully saturated rings. The Bertz CT molecular complexity index is 836. The third-order valence-electron chi connectivity index (χ3n) is 4.13. The quantitative estimate of drug-likeness (QED) is 0.758. The number of carbonyl (C=O) groups excluding carboxylic acids is 1. The Kier molecular flexibility index (Phi) is 4.41. The van der Waals surface area contributed by atoms with Crippen molar-refractivity contribution in [2.75, 3.05) is 25.1 Å². The molecule has 1 aromatic carbocycles. The van der Waals surface area contributed by atoms with Crippen molar-refractivity contribution in [3.63, 3.8) is 0 Å². The number of carbonyl (C=O) groups is 1. The Morgan fingerprint density at radius 3 is 3.00 bits per heavy atom. The van der Waals surface area contributed by atoms with Crippen molar-refractivity contribution in [1.82, 2.24) is 19.7 Å². The molecular weight excluding hydrogens is 318 g/mol. The smallest absolute Gasteiger partial charge is 0.234 e. The maximum absolute atomic E-state index is 12.1. The van der Waals surface area contributed by atoms with Gasteiger partial charge in [-0.3, -0.25) is 9.20 Å². The van der Waals surface area contributed by atoms with E-state index in [-0.39, 0.29) is 11.9 Å². The number of benzene rings is 1. The molecule has 0 saturated carbocycles. The number of amides is 1. The number of rotatable bonds is 4. The van der Waals surface area contributed by atoms with Crippen LogP contribution in [-0.4, -0.2) is 46.1 Å². The first kappa shape index (κ1) is 15.7. The minimum Gasteiger partial charge on any atom is -0.378 e. The number of nitrogens with one attached hydrogen (secondary N) is 2. The van der Waals surface area contributed by atoms with Gasteiger partial charge in [0.05, 0.1) is 18.9 Å². The first-order valence-electron chi connectivity index (χ1n) is 8.29. The Labute approximate surface area is 145 Å². The second-order valence-electron chi connectivity index (χ2n) is 6.01. The number of imidazole rings is 1. The number of hydrogen-bond acceptors (Lipinski definition) is 5. The molecule has 2 aromatic heterocycles. The highest BCUT2D eigenvalue weighted by molar-refractivity contribution is 5.91. The average molecular weight is 337 g/mol. The number of morpholine rings is 1. The lowest BCUT2D eigenvalue weighted by Gasteiger charge is -2.23. The van der Waals surface area contributed by atoms with Crippen molar-refractivity contribution < 1.29 is 9.53 Å². The van der Waals surface area contributed by atoms with Gasteiger partial charge in [0.25, 0.3) is 0 Å². The number of aromatic nitrogens is 3. The Morgan fingerprint density at radius 1 is 1.36 bits per heavy atom. The molecule has 7 heteroatoms. The molecule has 3 aromatic rings. The van der Waals surface area contributed by atoms with Gasteiger partial charge in [-0.1, -0.05) is 12.1 Å². The normalized spacial score (nSPS) is 17.5. The van der Waals surface area contributed by atoms with Gasteiger partial charge in [-0.25, -0.2) is 9.97 Å². The molecule has 1 unspecified atom stereocenters. The van der Waals surface area contributed by atoms with E-state index < -0.39 is 0 Å². The molecule has 1 saturated heterocycles. The molecule has 1 atom stereocenters. The lowest BCUT2D eigenvalue weighted by molar-refractivity contribution is -0.117. The van der Waals surface area contributed by atoms with E-state index in [9.17, 15) is 4.79 Å². The standard InChI is InChI=1S/C18H19N5O2/c24-17(10-15-12-25-9-7-19-15)21-14-4-2-13(3-5-14)16-11-23-8-1-6-20-18(23)22-16/h1-6,8,11,15,19H,7,9-10,12H2,(H,21,24). The molecule has 4 rings (SSSR count). The zero-order valence-corrected chi connectivity index (χ0v) is 13.7. The van der Waals surface area contributed by atoms with Crippen LogP contribution in [-0.2, 0) is 9.53 Å². The van der Waals surface area contributed by atoms with Gasteiger partial charge in [-0.15, -0.1) is 0 Å². The van der Waals surface area contributed by atoms with Gasteiger partial charge in [0.15, 0.2) is 0 Å². The molecule has 128 valence electrons. The summed E-state index contributed by atoms with van der Waals surface area (Å²) in [5.41, 5.74) is 2.60. The van der Waals surface area contributed by atoms with E-state index in [1.165, 1.54) is 0 Å². The SMILES string of the molecule is O=C(CC1COCCN1)Nc1ccc(-c2cn3cccnc3n2)cc1. The van der Waals surface area contributed by atoms with E-state index in [0.717, 1.165) is 23.5 Å². The van der Waals surface area contributed by atoms with Crippen molar-refractivity contribution in [1.29, 1.82) is 0 Å². The van der Waals surface area contributed by atoms with Crippen molar-refractivity contribution >= 4 is 17.4 Å². The van der Waals surface area contributed by atoms with E-state index in [2.05, 4.69) is 20.6 Å². The molecule has 1 aliphatic heterocycles. The fourth-order valence-corrected chi connectivity index (χ4v) is 2.88. The van der Waals surface area contributed by atoms with Gasteiger partial charge in [0, 0.05) is 48.8 Å². The van der Waals surface area contributed by atoms with Crippen LogP contribution in [0.1, 0.15) is 6.42 Å². The van der Waals surface area contributed by atoms with Crippen LogP contribution >= 0.6 is 0 Å². The first-order valence-corrected chi connectivity index (χ1v) is 8.29. The summed E-state index contributed by atoms with van der Waals surface area (Å²) in [7, 11) is 0. The number of anilines is 1. The minimum absolute atomic E-state index is 0.0207. The van der Waals surface area contributed by atoms with Gasteiger partial charge in [-0.05, 0) is 18.2 Å². The molecule has 0 aliphatic carbocycles. The summed E-state index contributed by atoms with van der Waals surface area (Å²) in [5, 5.41) is 6.20. The van der Waals surface area contributed by atoms with E-state index >= 15 is 0 Å². The monoisotopic (exact) mass is 337 g/mol. The van der Waals surface area contributed by atoms with Crippen LogP contribution < -0.4 is 10.6 Å². The Hall–Kier alpha value is -2.77. The summed E-state index contributed by atoms with van der Waals surface area (Å²) in [6.45, 7) is 2.08. The number of ether oxygens (including phenoxy) is 1. The van der Waals surface area contributed by atoms with Crippen molar-refractivity contribution in [2.45, 2.75) is 12.5 Å². The number of nitrogens with zero attached hydrogens (tertiary/aromatic N) is 3. The molecular formula is C18H19N5O2. The lowest BCUT2D eigenvalue weighted by atomic mass is 10.1. The zero-order chi connectivity index (χ0) is 17.1. The van der Waals surface area contributed by atoms with Crippen LogP contribution in [0.15, 0.2) is 48.9 Å². The molecule has 1 aliphatic rings. The van der Waals surface area contributed by atoms with E-state index in [0.29, 0.717) is 25.4 Å². The van der Waals surface area contributed by atoms with Crippen LogP contribution in [0.2, 0.25) is 0 Å².